The summed E-state index contributed by atoms with van der Waals surface area (Å²) in [5, 5.41) is 8.74. The van der Waals surface area contributed by atoms with Gasteiger partial charge < -0.3 is 5.11 Å². The third-order valence-corrected chi connectivity index (χ3v) is 1.47. The fourth-order valence-electron chi connectivity index (χ4n) is 0.530. The molecule has 1 nitrogen and oxygen atoms in total. The lowest BCUT2D eigenvalue weighted by Gasteiger charge is -1.97. The quantitative estimate of drug-likeness (QED) is 0.559. The van der Waals surface area contributed by atoms with E-state index in [0.29, 0.717) is 0 Å². The van der Waals surface area contributed by atoms with E-state index in [4.69, 9.17) is 5.11 Å². The van der Waals surface area contributed by atoms with Crippen LogP contribution in [0.3, 0.4) is 0 Å². The molecule has 10 heavy (non-hydrogen) atoms. The number of phenolic OH excluding ortho intramolecular Hbond substituents is 1. The van der Waals surface area contributed by atoms with Gasteiger partial charge in [-0.1, -0.05) is 0 Å². The lowest BCUT2D eigenvalue weighted by atomic mass is 10.3. The minimum Gasteiger partial charge on any atom is -0.507 e. The van der Waals surface area contributed by atoms with Crippen LogP contribution in [-0.4, -0.2) is 5.11 Å². The molecule has 0 aliphatic rings. The van der Waals surface area contributed by atoms with E-state index in [1.54, 1.807) is 0 Å². The first-order chi connectivity index (χ1) is 4.63. The molecule has 1 aromatic carbocycles. The zero-order valence-electron chi connectivity index (χ0n) is 4.81. The minimum atomic E-state index is -1.12. The maximum atomic E-state index is 12.4. The molecule has 0 radical (unpaired) electrons. The van der Waals surface area contributed by atoms with Crippen molar-refractivity contribution in [2.45, 2.75) is 4.90 Å². The molecule has 1 rings (SSSR count). The molecule has 0 unspecified atom stereocenters. The average molecular weight is 162 g/mol. The molecule has 0 fully saturated rings. The highest BCUT2D eigenvalue weighted by Crippen LogP contribution is 2.25. The van der Waals surface area contributed by atoms with E-state index in [2.05, 4.69) is 12.6 Å². The second kappa shape index (κ2) is 2.46. The first-order valence-corrected chi connectivity index (χ1v) is 2.93. The highest BCUT2D eigenvalue weighted by Gasteiger charge is 2.08. The molecule has 0 saturated heterocycles. The Morgan fingerprint density at radius 3 is 2.40 bits per heavy atom. The zero-order valence-corrected chi connectivity index (χ0v) is 5.70. The van der Waals surface area contributed by atoms with Crippen molar-refractivity contribution in [2.75, 3.05) is 0 Å². The van der Waals surface area contributed by atoms with E-state index in [1.807, 2.05) is 0 Å². The van der Waals surface area contributed by atoms with E-state index in [1.165, 1.54) is 0 Å². The molecular formula is C6H4F2OS. The summed E-state index contributed by atoms with van der Waals surface area (Å²) in [6.45, 7) is 0. The van der Waals surface area contributed by atoms with Gasteiger partial charge in [0.2, 0.25) is 0 Å². The lowest BCUT2D eigenvalue weighted by molar-refractivity contribution is 0.431. The summed E-state index contributed by atoms with van der Waals surface area (Å²) < 4.78 is 24.6. The molecule has 54 valence electrons. The smallest absolute Gasteiger partial charge is 0.175 e. The molecule has 4 heteroatoms. The molecule has 0 saturated carbocycles. The fraction of sp³-hybridized carbons (Fsp3) is 0. The van der Waals surface area contributed by atoms with Crippen molar-refractivity contribution < 1.29 is 13.9 Å². The van der Waals surface area contributed by atoms with Gasteiger partial charge in [-0.2, -0.15) is 0 Å². The van der Waals surface area contributed by atoms with Crippen LogP contribution in [-0.2, 0) is 0 Å². The van der Waals surface area contributed by atoms with Crippen LogP contribution in [0.1, 0.15) is 0 Å². The Morgan fingerprint density at radius 2 is 1.90 bits per heavy atom. The minimum absolute atomic E-state index is 0.359. The van der Waals surface area contributed by atoms with Gasteiger partial charge in [-0.15, -0.1) is 12.6 Å². The predicted octanol–water partition coefficient (Wildman–Crippen LogP) is 1.96. The van der Waals surface area contributed by atoms with Gasteiger partial charge in [0.25, 0.3) is 0 Å². The van der Waals surface area contributed by atoms with Gasteiger partial charge in [-0.05, 0) is 12.1 Å². The molecule has 0 spiro atoms. The van der Waals surface area contributed by atoms with Crippen LogP contribution in [0.5, 0.6) is 5.75 Å². The van der Waals surface area contributed by atoms with Crippen molar-refractivity contribution in [1.29, 1.82) is 0 Å². The van der Waals surface area contributed by atoms with E-state index < -0.39 is 11.6 Å². The van der Waals surface area contributed by atoms with Crippen molar-refractivity contribution in [2.24, 2.45) is 0 Å². The van der Waals surface area contributed by atoms with Crippen LogP contribution in [0, 0.1) is 11.6 Å². The Labute approximate surface area is 61.7 Å². The van der Waals surface area contributed by atoms with E-state index >= 15 is 0 Å². The van der Waals surface area contributed by atoms with Gasteiger partial charge >= 0.3 is 0 Å². The number of benzene rings is 1. The Bertz CT molecular complexity index is 235. The van der Waals surface area contributed by atoms with Crippen LogP contribution in [0.4, 0.5) is 8.78 Å². The van der Waals surface area contributed by atoms with E-state index in [-0.39, 0.29) is 10.6 Å². The molecule has 0 aromatic heterocycles. The Morgan fingerprint density at radius 1 is 1.30 bits per heavy atom. The molecule has 0 aliphatic carbocycles. The fourth-order valence-corrected chi connectivity index (χ4v) is 0.711. The molecule has 1 aromatic rings. The molecule has 0 heterocycles. The SMILES string of the molecule is Oc1ccc(F)c(F)c1S. The molecule has 0 amide bonds. The number of hydrogen-bond acceptors (Lipinski definition) is 2. The first kappa shape index (κ1) is 7.34. The number of thiol groups is 1. The standard InChI is InChI=1S/C6H4F2OS/c7-3-1-2-4(9)6(10)5(3)8/h1-2,9-10H. The van der Waals surface area contributed by atoms with Crippen LogP contribution >= 0.6 is 12.6 Å². The summed E-state index contributed by atoms with van der Waals surface area (Å²) in [6.07, 6.45) is 0. The summed E-state index contributed by atoms with van der Waals surface area (Å²) >= 11 is 3.52. The van der Waals surface area contributed by atoms with E-state index in [0.717, 1.165) is 12.1 Å². The van der Waals surface area contributed by atoms with Crippen LogP contribution < -0.4 is 0 Å². The molecular weight excluding hydrogens is 158 g/mol. The summed E-state index contributed by atoms with van der Waals surface area (Å²) in [7, 11) is 0. The molecule has 0 aliphatic heterocycles. The van der Waals surface area contributed by atoms with E-state index in [9.17, 15) is 8.78 Å². The number of phenols is 1. The number of hydrogen-bond donors (Lipinski definition) is 2. The summed E-state index contributed by atoms with van der Waals surface area (Å²) in [5.74, 6) is -2.49. The molecule has 0 bridgehead atoms. The highest BCUT2D eigenvalue weighted by atomic mass is 32.1. The first-order valence-electron chi connectivity index (χ1n) is 2.49. The van der Waals surface area contributed by atoms with Crippen molar-refractivity contribution in [1.82, 2.24) is 0 Å². The second-order valence-corrected chi connectivity index (χ2v) is 2.18. The van der Waals surface area contributed by atoms with Crippen molar-refractivity contribution in [3.63, 3.8) is 0 Å². The predicted molar refractivity (Wildman–Crippen MR) is 35.3 cm³/mol. The summed E-state index contributed by atoms with van der Waals surface area (Å²) in [6, 6.07) is 1.88. The van der Waals surface area contributed by atoms with Crippen molar-refractivity contribution >= 4 is 12.6 Å². The normalized spacial score (nSPS) is 9.90. The Kier molecular flexibility index (Phi) is 1.80. The van der Waals surface area contributed by atoms with Crippen LogP contribution in [0.2, 0.25) is 0 Å². The zero-order chi connectivity index (χ0) is 7.72. The van der Waals surface area contributed by atoms with Crippen molar-refractivity contribution in [3.05, 3.63) is 23.8 Å². The molecule has 0 atom stereocenters. The van der Waals surface area contributed by atoms with Gasteiger partial charge in [-0.3, -0.25) is 0 Å². The monoisotopic (exact) mass is 162 g/mol. The Balaban J connectivity index is 3.34. The van der Waals surface area contributed by atoms with Crippen molar-refractivity contribution in [3.8, 4) is 5.75 Å². The summed E-state index contributed by atoms with van der Waals surface area (Å²) in [5.41, 5.74) is 0. The van der Waals surface area contributed by atoms with Gasteiger partial charge in [0.15, 0.2) is 11.6 Å². The lowest BCUT2D eigenvalue weighted by Crippen LogP contribution is -1.84. The van der Waals surface area contributed by atoms with Gasteiger partial charge in [-0.25, -0.2) is 8.78 Å². The average Bonchev–Trinajstić information content (AvgIpc) is 1.93. The number of rotatable bonds is 0. The van der Waals surface area contributed by atoms with Crippen LogP contribution in [0.25, 0.3) is 0 Å². The highest BCUT2D eigenvalue weighted by molar-refractivity contribution is 7.80. The maximum absolute atomic E-state index is 12.4. The van der Waals surface area contributed by atoms with Gasteiger partial charge in [0.05, 0.1) is 4.90 Å². The second-order valence-electron chi connectivity index (χ2n) is 1.73. The van der Waals surface area contributed by atoms with Gasteiger partial charge in [0.1, 0.15) is 5.75 Å². The number of halogens is 2. The van der Waals surface area contributed by atoms with Gasteiger partial charge in [0, 0.05) is 0 Å². The maximum Gasteiger partial charge on any atom is 0.175 e. The summed E-state index contributed by atoms with van der Waals surface area (Å²) in [4.78, 5) is -0.361. The van der Waals surface area contributed by atoms with Crippen LogP contribution in [0.15, 0.2) is 17.0 Å². The Hall–Kier alpha value is -0.770. The number of aromatic hydroxyl groups is 1. The third-order valence-electron chi connectivity index (χ3n) is 1.05. The third kappa shape index (κ3) is 1.07. The largest absolute Gasteiger partial charge is 0.507 e. The molecule has 1 N–H and O–H groups in total. The topological polar surface area (TPSA) is 20.2 Å².